The zero-order valence-corrected chi connectivity index (χ0v) is 12.7. The second-order valence-electron chi connectivity index (χ2n) is 5.57. The zero-order chi connectivity index (χ0) is 15.3. The number of nitrogens with two attached hydrogens (primary N) is 1. The lowest BCUT2D eigenvalue weighted by Crippen LogP contribution is -2.32. The van der Waals surface area contributed by atoms with Gasteiger partial charge in [-0.15, -0.1) is 0 Å². The van der Waals surface area contributed by atoms with Crippen LogP contribution in [-0.4, -0.2) is 36.5 Å². The van der Waals surface area contributed by atoms with Crippen LogP contribution in [0.1, 0.15) is 23.9 Å². The Morgan fingerprint density at radius 1 is 1.36 bits per heavy atom. The molecule has 3 N–H and O–H groups in total. The fourth-order valence-electron chi connectivity index (χ4n) is 2.99. The maximum atomic E-state index is 6.06. The third-order valence-corrected chi connectivity index (χ3v) is 4.25. The van der Waals surface area contributed by atoms with Crippen LogP contribution in [-0.2, 0) is 26.4 Å². The largest absolute Gasteiger partial charge is 0.383 e. The average Bonchev–Trinajstić information content (AvgIpc) is 3.10. The van der Waals surface area contributed by atoms with Gasteiger partial charge in [0.25, 0.3) is 0 Å². The molecule has 0 fully saturated rings. The first kappa shape index (κ1) is 13.1. The van der Waals surface area contributed by atoms with Crippen LogP contribution < -0.4 is 10.6 Å². The number of nitrogens with one attached hydrogen (secondary N) is 1. The summed E-state index contributed by atoms with van der Waals surface area (Å²) in [5.74, 6) is 1.13. The number of anilines is 2. The number of hydrogen-bond donors (Lipinski definition) is 2. The van der Waals surface area contributed by atoms with Crippen LogP contribution in [0.2, 0.25) is 0 Å². The normalized spacial score (nSPS) is 14.5. The van der Waals surface area contributed by atoms with Gasteiger partial charge in [0.05, 0.1) is 17.3 Å². The van der Waals surface area contributed by atoms with Crippen molar-refractivity contribution in [2.45, 2.75) is 26.3 Å². The summed E-state index contributed by atoms with van der Waals surface area (Å²) in [5, 5.41) is 12.5. The van der Waals surface area contributed by atoms with Crippen molar-refractivity contribution < 1.29 is 0 Å². The number of aryl methyl sites for hydroxylation is 2. The number of aromatic amines is 1. The molecule has 0 bridgehead atoms. The van der Waals surface area contributed by atoms with Gasteiger partial charge in [0.2, 0.25) is 5.95 Å². The van der Waals surface area contributed by atoms with Crippen molar-refractivity contribution >= 4 is 22.8 Å². The van der Waals surface area contributed by atoms with E-state index in [1.165, 1.54) is 11.3 Å². The molecule has 1 aliphatic heterocycles. The van der Waals surface area contributed by atoms with Crippen LogP contribution in [0.25, 0.3) is 11.0 Å². The highest BCUT2D eigenvalue weighted by molar-refractivity contribution is 5.86. The van der Waals surface area contributed by atoms with Crippen molar-refractivity contribution in [3.8, 4) is 0 Å². The number of fused-ring (bicyclic) bond motifs is 2. The number of rotatable bonds is 2. The van der Waals surface area contributed by atoms with Gasteiger partial charge in [-0.25, -0.2) is 0 Å². The van der Waals surface area contributed by atoms with Crippen molar-refractivity contribution in [1.82, 2.24) is 29.9 Å². The Morgan fingerprint density at radius 2 is 2.23 bits per heavy atom. The number of H-pyrrole nitrogens is 1. The molecule has 0 saturated heterocycles. The quantitative estimate of drug-likeness (QED) is 0.725. The Kier molecular flexibility index (Phi) is 2.78. The van der Waals surface area contributed by atoms with E-state index in [1.54, 1.807) is 10.9 Å². The molecular formula is C14H18N8. The minimum absolute atomic E-state index is 0.474. The van der Waals surface area contributed by atoms with E-state index in [0.29, 0.717) is 11.8 Å². The van der Waals surface area contributed by atoms with E-state index in [2.05, 4.69) is 37.1 Å². The molecule has 8 nitrogen and oxygen atoms in total. The minimum Gasteiger partial charge on any atom is -0.383 e. The summed E-state index contributed by atoms with van der Waals surface area (Å²) in [6, 6.07) is 0. The van der Waals surface area contributed by atoms with E-state index in [0.717, 1.165) is 42.7 Å². The first-order chi connectivity index (χ1) is 10.7. The Labute approximate surface area is 127 Å². The van der Waals surface area contributed by atoms with E-state index in [1.807, 2.05) is 7.05 Å². The van der Waals surface area contributed by atoms with E-state index in [-0.39, 0.29) is 0 Å². The molecule has 4 rings (SSSR count). The molecule has 0 aromatic carbocycles. The highest BCUT2D eigenvalue weighted by Gasteiger charge is 2.24. The van der Waals surface area contributed by atoms with Crippen LogP contribution in [0.15, 0.2) is 6.20 Å². The SMILES string of the molecule is CCc1n[nH]c2c1CN(c1nc(N)c3cnn(C)c3n1)CC2. The third-order valence-electron chi connectivity index (χ3n) is 4.25. The van der Waals surface area contributed by atoms with E-state index >= 15 is 0 Å². The number of nitrogens with zero attached hydrogens (tertiary/aromatic N) is 6. The van der Waals surface area contributed by atoms with E-state index in [4.69, 9.17) is 5.73 Å². The molecule has 8 heteroatoms. The van der Waals surface area contributed by atoms with Gasteiger partial charge in [-0.1, -0.05) is 6.92 Å². The summed E-state index contributed by atoms with van der Waals surface area (Å²) in [4.78, 5) is 11.2. The topological polar surface area (TPSA) is 102 Å². The molecule has 4 heterocycles. The minimum atomic E-state index is 0.474. The summed E-state index contributed by atoms with van der Waals surface area (Å²) in [5.41, 5.74) is 10.4. The highest BCUT2D eigenvalue weighted by atomic mass is 15.3. The molecule has 3 aromatic rings. The first-order valence-corrected chi connectivity index (χ1v) is 7.42. The summed E-state index contributed by atoms with van der Waals surface area (Å²) in [6.07, 6.45) is 3.53. The van der Waals surface area contributed by atoms with Crippen molar-refractivity contribution in [2.24, 2.45) is 7.05 Å². The molecule has 0 amide bonds. The Bertz CT molecular complexity index is 833. The Balaban J connectivity index is 1.75. The lowest BCUT2D eigenvalue weighted by atomic mass is 10.0. The summed E-state index contributed by atoms with van der Waals surface area (Å²) in [7, 11) is 1.86. The highest BCUT2D eigenvalue weighted by Crippen LogP contribution is 2.26. The molecule has 114 valence electrons. The van der Waals surface area contributed by atoms with Gasteiger partial charge in [-0.05, 0) is 6.42 Å². The van der Waals surface area contributed by atoms with Gasteiger partial charge < -0.3 is 10.6 Å². The van der Waals surface area contributed by atoms with Crippen molar-refractivity contribution in [1.29, 1.82) is 0 Å². The predicted octanol–water partition coefficient (Wildman–Crippen LogP) is 0.794. The van der Waals surface area contributed by atoms with Crippen molar-refractivity contribution in [3.63, 3.8) is 0 Å². The average molecular weight is 298 g/mol. The van der Waals surface area contributed by atoms with Gasteiger partial charge in [0.15, 0.2) is 5.65 Å². The maximum absolute atomic E-state index is 6.06. The number of aromatic nitrogens is 6. The second-order valence-corrected chi connectivity index (χ2v) is 5.57. The number of nitrogen functional groups attached to an aromatic ring is 1. The molecule has 0 saturated carbocycles. The molecule has 22 heavy (non-hydrogen) atoms. The Morgan fingerprint density at radius 3 is 3.05 bits per heavy atom. The number of hydrogen-bond acceptors (Lipinski definition) is 6. The Hall–Kier alpha value is -2.64. The van der Waals surface area contributed by atoms with E-state index in [9.17, 15) is 0 Å². The summed E-state index contributed by atoms with van der Waals surface area (Å²) >= 11 is 0. The molecule has 3 aromatic heterocycles. The van der Waals surface area contributed by atoms with Crippen molar-refractivity contribution in [2.75, 3.05) is 17.2 Å². The summed E-state index contributed by atoms with van der Waals surface area (Å²) in [6.45, 7) is 3.73. The molecule has 1 aliphatic rings. The zero-order valence-electron chi connectivity index (χ0n) is 12.7. The molecular weight excluding hydrogens is 280 g/mol. The van der Waals surface area contributed by atoms with Crippen LogP contribution in [0.4, 0.5) is 11.8 Å². The van der Waals surface area contributed by atoms with Gasteiger partial charge in [-0.3, -0.25) is 9.78 Å². The molecule has 0 unspecified atom stereocenters. The van der Waals surface area contributed by atoms with Crippen LogP contribution in [0.3, 0.4) is 0 Å². The lowest BCUT2D eigenvalue weighted by Gasteiger charge is -2.27. The standard InChI is InChI=1S/C14H18N8/c1-3-10-9-7-22(5-4-11(9)20-19-10)14-17-12(15)8-6-16-21(2)13(8)18-14/h6H,3-5,7H2,1-2H3,(H,19,20)(H2,15,17,18). The van der Waals surface area contributed by atoms with Gasteiger partial charge in [0, 0.05) is 37.8 Å². The maximum Gasteiger partial charge on any atom is 0.229 e. The summed E-state index contributed by atoms with van der Waals surface area (Å²) < 4.78 is 1.72. The fourth-order valence-corrected chi connectivity index (χ4v) is 2.99. The third kappa shape index (κ3) is 1.83. The lowest BCUT2D eigenvalue weighted by molar-refractivity contribution is 0.695. The smallest absolute Gasteiger partial charge is 0.229 e. The fraction of sp³-hybridized carbons (Fsp3) is 0.429. The van der Waals surface area contributed by atoms with Gasteiger partial charge >= 0.3 is 0 Å². The molecule has 0 atom stereocenters. The molecule has 0 spiro atoms. The molecule has 0 radical (unpaired) electrons. The predicted molar refractivity (Wildman–Crippen MR) is 83.4 cm³/mol. The monoisotopic (exact) mass is 298 g/mol. The molecule has 0 aliphatic carbocycles. The van der Waals surface area contributed by atoms with Crippen LogP contribution >= 0.6 is 0 Å². The van der Waals surface area contributed by atoms with E-state index < -0.39 is 0 Å². The van der Waals surface area contributed by atoms with Gasteiger partial charge in [0.1, 0.15) is 5.82 Å². The van der Waals surface area contributed by atoms with Gasteiger partial charge in [-0.2, -0.15) is 20.2 Å². The van der Waals surface area contributed by atoms with Crippen molar-refractivity contribution in [3.05, 3.63) is 23.1 Å². The second kappa shape index (κ2) is 4.69. The van der Waals surface area contributed by atoms with Crippen LogP contribution in [0, 0.1) is 0 Å². The first-order valence-electron chi connectivity index (χ1n) is 7.42. The van der Waals surface area contributed by atoms with Crippen LogP contribution in [0.5, 0.6) is 0 Å².